The van der Waals surface area contributed by atoms with Gasteiger partial charge in [0, 0.05) is 17.8 Å². The van der Waals surface area contributed by atoms with E-state index in [0.717, 1.165) is 0 Å². The summed E-state index contributed by atoms with van der Waals surface area (Å²) in [5.74, 6) is 0. The molecule has 0 radical (unpaired) electrons. The molecule has 0 saturated carbocycles. The zero-order chi connectivity index (χ0) is 10.3. The highest BCUT2D eigenvalue weighted by Crippen LogP contribution is 2.30. The van der Waals surface area contributed by atoms with Gasteiger partial charge < -0.3 is 0 Å². The van der Waals surface area contributed by atoms with Gasteiger partial charge in [-0.15, -0.1) is 0 Å². The number of pyridine rings is 1. The summed E-state index contributed by atoms with van der Waals surface area (Å²) in [5.41, 5.74) is 4.61. The van der Waals surface area contributed by atoms with Gasteiger partial charge in [-0.25, -0.2) is 0 Å². The number of hydrogen-bond acceptors (Lipinski definition) is 1. The maximum Gasteiger partial charge on any atom is 0.0349 e. The van der Waals surface area contributed by atoms with Crippen LogP contribution >= 0.6 is 0 Å². The Labute approximate surface area is 90.2 Å². The van der Waals surface area contributed by atoms with Crippen LogP contribution in [0.15, 0.2) is 24.5 Å². The van der Waals surface area contributed by atoms with Crippen LogP contribution in [0.2, 0.25) is 0 Å². The Kier molecular flexibility index (Phi) is 1.98. The first-order valence-corrected chi connectivity index (χ1v) is 5.71. The third-order valence-corrected chi connectivity index (χ3v) is 3.55. The first-order chi connectivity index (χ1) is 7.36. The Morgan fingerprint density at radius 2 is 2.07 bits per heavy atom. The van der Waals surface area contributed by atoms with Gasteiger partial charge in [0.15, 0.2) is 0 Å². The van der Waals surface area contributed by atoms with Crippen LogP contribution in [0.3, 0.4) is 0 Å². The molecule has 76 valence electrons. The molecule has 15 heavy (non-hydrogen) atoms. The van der Waals surface area contributed by atoms with Crippen LogP contribution in [0.25, 0.3) is 10.8 Å². The average Bonchev–Trinajstić information content (AvgIpc) is 2.30. The van der Waals surface area contributed by atoms with Crippen molar-refractivity contribution in [2.24, 2.45) is 0 Å². The van der Waals surface area contributed by atoms with Gasteiger partial charge in [0.1, 0.15) is 0 Å². The van der Waals surface area contributed by atoms with Crippen molar-refractivity contribution in [2.45, 2.75) is 32.6 Å². The van der Waals surface area contributed by atoms with Crippen LogP contribution in [-0.4, -0.2) is 4.98 Å². The summed E-state index contributed by atoms with van der Waals surface area (Å²) in [6, 6.07) is 4.48. The molecule has 0 fully saturated rings. The fraction of sp³-hybridized carbons (Fsp3) is 0.357. The predicted octanol–water partition coefficient (Wildman–Crippen LogP) is 3.42. The maximum absolute atomic E-state index is 4.22. The molecule has 1 nitrogen and oxygen atoms in total. The molecule has 1 aromatic carbocycles. The van der Waals surface area contributed by atoms with Crippen molar-refractivity contribution in [1.29, 1.82) is 0 Å². The lowest BCUT2D eigenvalue weighted by atomic mass is 9.86. The first-order valence-electron chi connectivity index (χ1n) is 5.71. The topological polar surface area (TPSA) is 12.9 Å². The fourth-order valence-corrected chi connectivity index (χ4v) is 2.71. The standard InChI is InChI=1S/C14H15N/c1-10-13-5-3-2-4-11(13)8-12-6-7-15-9-14(10)12/h6-9H,2-5H2,1H3. The predicted molar refractivity (Wildman–Crippen MR) is 63.1 cm³/mol. The van der Waals surface area contributed by atoms with Gasteiger partial charge in [-0.2, -0.15) is 0 Å². The Morgan fingerprint density at radius 3 is 3.00 bits per heavy atom. The van der Waals surface area contributed by atoms with Gasteiger partial charge >= 0.3 is 0 Å². The summed E-state index contributed by atoms with van der Waals surface area (Å²) >= 11 is 0. The third kappa shape index (κ3) is 1.34. The minimum Gasteiger partial charge on any atom is -0.264 e. The van der Waals surface area contributed by atoms with Gasteiger partial charge in [-0.3, -0.25) is 4.98 Å². The molecule has 0 bridgehead atoms. The number of rotatable bonds is 0. The maximum atomic E-state index is 4.22. The molecule has 1 heteroatoms. The van der Waals surface area contributed by atoms with Crippen molar-refractivity contribution in [1.82, 2.24) is 4.98 Å². The largest absolute Gasteiger partial charge is 0.264 e. The molecular weight excluding hydrogens is 182 g/mol. The van der Waals surface area contributed by atoms with E-state index in [1.807, 2.05) is 12.4 Å². The van der Waals surface area contributed by atoms with E-state index in [1.54, 1.807) is 11.1 Å². The number of hydrogen-bond donors (Lipinski definition) is 0. The molecule has 0 N–H and O–H groups in total. The van der Waals surface area contributed by atoms with Crippen molar-refractivity contribution in [3.8, 4) is 0 Å². The van der Waals surface area contributed by atoms with Gasteiger partial charge in [0.25, 0.3) is 0 Å². The number of aromatic nitrogens is 1. The van der Waals surface area contributed by atoms with Gasteiger partial charge in [0.2, 0.25) is 0 Å². The smallest absolute Gasteiger partial charge is 0.0349 e. The molecule has 1 heterocycles. The highest BCUT2D eigenvalue weighted by atomic mass is 14.6. The molecule has 3 rings (SSSR count). The molecule has 0 saturated heterocycles. The van der Waals surface area contributed by atoms with Crippen LogP contribution in [-0.2, 0) is 12.8 Å². The second kappa shape index (κ2) is 3.34. The molecule has 1 aromatic heterocycles. The van der Waals surface area contributed by atoms with E-state index in [1.165, 1.54) is 42.0 Å². The average molecular weight is 197 g/mol. The lowest BCUT2D eigenvalue weighted by molar-refractivity contribution is 0.684. The van der Waals surface area contributed by atoms with Crippen LogP contribution in [0, 0.1) is 6.92 Å². The van der Waals surface area contributed by atoms with E-state index in [-0.39, 0.29) is 0 Å². The highest BCUT2D eigenvalue weighted by Gasteiger charge is 2.13. The van der Waals surface area contributed by atoms with Crippen LogP contribution in [0.5, 0.6) is 0 Å². The summed E-state index contributed by atoms with van der Waals surface area (Å²) in [5, 5.41) is 2.68. The lowest BCUT2D eigenvalue weighted by Gasteiger charge is -2.19. The Morgan fingerprint density at radius 1 is 1.20 bits per heavy atom. The normalized spacial score (nSPS) is 15.3. The molecule has 0 atom stereocenters. The second-order valence-electron chi connectivity index (χ2n) is 4.44. The van der Waals surface area contributed by atoms with E-state index >= 15 is 0 Å². The zero-order valence-corrected chi connectivity index (χ0v) is 9.09. The summed E-state index contributed by atoms with van der Waals surface area (Å²) in [7, 11) is 0. The molecule has 1 aliphatic carbocycles. The van der Waals surface area contributed by atoms with Crippen molar-refractivity contribution < 1.29 is 0 Å². The van der Waals surface area contributed by atoms with E-state index < -0.39 is 0 Å². The molecule has 0 spiro atoms. The van der Waals surface area contributed by atoms with Crippen molar-refractivity contribution >= 4 is 10.8 Å². The lowest BCUT2D eigenvalue weighted by Crippen LogP contribution is -2.05. The summed E-state index contributed by atoms with van der Waals surface area (Å²) in [4.78, 5) is 4.22. The van der Waals surface area contributed by atoms with Gasteiger partial charge in [0.05, 0.1) is 0 Å². The van der Waals surface area contributed by atoms with Crippen LogP contribution < -0.4 is 0 Å². The Balaban J connectivity index is 2.36. The quantitative estimate of drug-likeness (QED) is 0.630. The Bertz CT molecular complexity index is 514. The number of fused-ring (bicyclic) bond motifs is 2. The highest BCUT2D eigenvalue weighted by molar-refractivity contribution is 5.86. The SMILES string of the molecule is Cc1c2c(cc3ccncc13)CCCC2. The minimum absolute atomic E-state index is 1.26. The van der Waals surface area contributed by atoms with E-state index in [9.17, 15) is 0 Å². The van der Waals surface area contributed by atoms with Gasteiger partial charge in [-0.05, 0) is 60.7 Å². The molecule has 0 amide bonds. The summed E-state index contributed by atoms with van der Waals surface area (Å²) in [6.45, 7) is 2.24. The minimum atomic E-state index is 1.26. The molecule has 2 aromatic rings. The summed E-state index contributed by atoms with van der Waals surface area (Å²) in [6.07, 6.45) is 9.10. The van der Waals surface area contributed by atoms with Crippen molar-refractivity contribution in [3.63, 3.8) is 0 Å². The van der Waals surface area contributed by atoms with Crippen LogP contribution in [0.1, 0.15) is 29.5 Å². The van der Waals surface area contributed by atoms with E-state index in [0.29, 0.717) is 0 Å². The van der Waals surface area contributed by atoms with E-state index in [2.05, 4.69) is 24.0 Å². The molecular formula is C14H15N. The molecule has 0 unspecified atom stereocenters. The zero-order valence-electron chi connectivity index (χ0n) is 9.09. The second-order valence-corrected chi connectivity index (χ2v) is 4.44. The number of benzene rings is 1. The van der Waals surface area contributed by atoms with Gasteiger partial charge in [-0.1, -0.05) is 6.07 Å². The fourth-order valence-electron chi connectivity index (χ4n) is 2.71. The number of aryl methyl sites for hydroxylation is 2. The monoisotopic (exact) mass is 197 g/mol. The number of nitrogens with zero attached hydrogens (tertiary/aromatic N) is 1. The summed E-state index contributed by atoms with van der Waals surface area (Å²) < 4.78 is 0. The third-order valence-electron chi connectivity index (χ3n) is 3.55. The van der Waals surface area contributed by atoms with Crippen LogP contribution in [0.4, 0.5) is 0 Å². The first kappa shape index (κ1) is 8.90. The Hall–Kier alpha value is -1.37. The molecule has 1 aliphatic rings. The molecule has 0 aliphatic heterocycles. The van der Waals surface area contributed by atoms with Crippen molar-refractivity contribution in [2.75, 3.05) is 0 Å². The van der Waals surface area contributed by atoms with Crippen molar-refractivity contribution in [3.05, 3.63) is 41.2 Å². The van der Waals surface area contributed by atoms with E-state index in [4.69, 9.17) is 0 Å².